The van der Waals surface area contributed by atoms with E-state index in [-0.39, 0.29) is 10.8 Å². The predicted octanol–water partition coefficient (Wildman–Crippen LogP) is 2.98. The smallest absolute Gasteiger partial charge is 0.115 e. The number of aromatic hydroxyl groups is 1. The fourth-order valence-electron chi connectivity index (χ4n) is 7.36. The molecule has 4 atom stereocenters. The molecule has 3 heteroatoms. The molecule has 2 N–H and O–H groups in total. The maximum absolute atomic E-state index is 12.1. The summed E-state index contributed by atoms with van der Waals surface area (Å²) in [5.74, 6) is 1.25. The second-order valence-corrected chi connectivity index (χ2v) is 9.55. The molecule has 1 heterocycles. The number of hydrogen-bond donors (Lipinski definition) is 2. The van der Waals surface area contributed by atoms with E-state index in [1.807, 2.05) is 12.1 Å². The van der Waals surface area contributed by atoms with Gasteiger partial charge in [0.25, 0.3) is 0 Å². The molecule has 3 nitrogen and oxygen atoms in total. The summed E-state index contributed by atoms with van der Waals surface area (Å²) in [5.41, 5.74) is 2.26. The summed E-state index contributed by atoms with van der Waals surface area (Å²) in [7, 11) is 0. The van der Waals surface area contributed by atoms with Crippen LogP contribution in [0.3, 0.4) is 0 Å². The van der Waals surface area contributed by atoms with Crippen molar-refractivity contribution in [1.29, 1.82) is 0 Å². The van der Waals surface area contributed by atoms with Gasteiger partial charge in [0.2, 0.25) is 0 Å². The number of likely N-dealkylation sites (tertiary alicyclic amines) is 1. The van der Waals surface area contributed by atoms with Crippen molar-refractivity contribution in [1.82, 2.24) is 4.90 Å². The summed E-state index contributed by atoms with van der Waals surface area (Å²) in [5, 5.41) is 22.2. The first kappa shape index (κ1) is 14.1. The number of benzene rings is 1. The predicted molar refractivity (Wildman–Crippen MR) is 92.0 cm³/mol. The number of rotatable bonds is 2. The zero-order valence-corrected chi connectivity index (χ0v) is 14.3. The maximum Gasteiger partial charge on any atom is 0.115 e. The lowest BCUT2D eigenvalue weighted by Gasteiger charge is -2.58. The molecule has 5 aliphatic rings. The van der Waals surface area contributed by atoms with Gasteiger partial charge in [-0.1, -0.05) is 18.9 Å². The SMILES string of the molecule is Oc1ccc2c(c1)[C@@]13CCCC[C@@]1(O)[C@@H]1N(CC4CC4)CC1(C2)C3. The molecule has 0 aromatic heterocycles. The third kappa shape index (κ3) is 1.48. The minimum atomic E-state index is -0.586. The molecule has 4 aliphatic carbocycles. The molecule has 1 unspecified atom stereocenters. The van der Waals surface area contributed by atoms with Crippen molar-refractivity contribution in [3.63, 3.8) is 0 Å². The second kappa shape index (κ2) is 4.19. The molecule has 2 spiro atoms. The first-order chi connectivity index (χ1) is 11.6. The fraction of sp³-hybridized carbons (Fsp3) is 0.714. The highest BCUT2D eigenvalue weighted by Gasteiger charge is 2.77. The van der Waals surface area contributed by atoms with Gasteiger partial charge in [0.1, 0.15) is 5.75 Å². The molecule has 4 fully saturated rings. The standard InChI is InChI=1S/C21H27NO2/c23-16-6-5-15-10-19-12-20(17(15)9-16)7-1-2-8-21(20,24)18(19)22(13-19)11-14-3-4-14/h5-6,9,14,18,23-24H,1-4,7-8,10-13H2/t18-,19?,20+,21-/m1/s1. The van der Waals surface area contributed by atoms with Gasteiger partial charge < -0.3 is 10.2 Å². The zero-order chi connectivity index (χ0) is 16.2. The average molecular weight is 325 g/mol. The Bertz CT molecular complexity index is 729. The van der Waals surface area contributed by atoms with Crippen molar-refractivity contribution in [2.75, 3.05) is 13.1 Å². The van der Waals surface area contributed by atoms with Gasteiger partial charge in [0.05, 0.1) is 5.60 Å². The van der Waals surface area contributed by atoms with E-state index < -0.39 is 5.60 Å². The van der Waals surface area contributed by atoms with Gasteiger partial charge in [0, 0.05) is 30.0 Å². The quantitative estimate of drug-likeness (QED) is 0.878. The van der Waals surface area contributed by atoms with Crippen LogP contribution in [0, 0.1) is 11.3 Å². The molecule has 2 bridgehead atoms. The summed E-state index contributed by atoms with van der Waals surface area (Å²) in [6.45, 7) is 2.38. The Morgan fingerprint density at radius 1 is 1.17 bits per heavy atom. The third-order valence-corrected chi connectivity index (χ3v) is 8.15. The van der Waals surface area contributed by atoms with Gasteiger partial charge in [-0.25, -0.2) is 0 Å². The second-order valence-electron chi connectivity index (χ2n) is 9.55. The molecule has 24 heavy (non-hydrogen) atoms. The Balaban J connectivity index is 1.52. The molecule has 1 aromatic rings. The summed E-state index contributed by atoms with van der Waals surface area (Å²) in [4.78, 5) is 2.64. The molecular formula is C21H27NO2. The fourth-order valence-corrected chi connectivity index (χ4v) is 7.36. The summed E-state index contributed by atoms with van der Waals surface area (Å²) in [6.07, 6.45) is 9.39. The molecule has 6 rings (SSSR count). The number of phenols is 1. The van der Waals surface area contributed by atoms with Crippen molar-refractivity contribution >= 4 is 0 Å². The normalized spacial score (nSPS) is 46.0. The molecule has 128 valence electrons. The number of nitrogens with zero attached hydrogens (tertiary/aromatic N) is 1. The zero-order valence-electron chi connectivity index (χ0n) is 14.3. The van der Waals surface area contributed by atoms with Crippen LogP contribution in [0.5, 0.6) is 5.75 Å². The number of fused-ring (bicyclic) bond motifs is 2. The minimum absolute atomic E-state index is 0.111. The van der Waals surface area contributed by atoms with E-state index in [2.05, 4.69) is 11.0 Å². The van der Waals surface area contributed by atoms with Crippen LogP contribution >= 0.6 is 0 Å². The van der Waals surface area contributed by atoms with Crippen molar-refractivity contribution in [2.45, 2.75) is 68.4 Å². The van der Waals surface area contributed by atoms with Crippen molar-refractivity contribution in [3.05, 3.63) is 29.3 Å². The maximum atomic E-state index is 12.1. The van der Waals surface area contributed by atoms with Crippen LogP contribution in [0.2, 0.25) is 0 Å². The average Bonchev–Trinajstić information content (AvgIpc) is 3.32. The molecule has 3 saturated carbocycles. The summed E-state index contributed by atoms with van der Waals surface area (Å²) >= 11 is 0. The van der Waals surface area contributed by atoms with E-state index in [9.17, 15) is 10.2 Å². The molecule has 1 saturated heterocycles. The van der Waals surface area contributed by atoms with E-state index in [4.69, 9.17) is 0 Å². The van der Waals surface area contributed by atoms with Gasteiger partial charge in [0.15, 0.2) is 0 Å². The Morgan fingerprint density at radius 3 is 2.83 bits per heavy atom. The van der Waals surface area contributed by atoms with Crippen LogP contribution in [0.1, 0.15) is 56.1 Å². The van der Waals surface area contributed by atoms with Gasteiger partial charge in [-0.05, 0) is 67.7 Å². The van der Waals surface area contributed by atoms with Crippen LogP contribution in [0.25, 0.3) is 0 Å². The topological polar surface area (TPSA) is 43.7 Å². The summed E-state index contributed by atoms with van der Waals surface area (Å²) in [6, 6.07) is 6.30. The number of hydrogen-bond acceptors (Lipinski definition) is 3. The van der Waals surface area contributed by atoms with Crippen molar-refractivity contribution < 1.29 is 10.2 Å². The molecule has 1 aliphatic heterocycles. The number of aliphatic hydroxyl groups is 1. The van der Waals surface area contributed by atoms with Gasteiger partial charge in [-0.3, -0.25) is 4.90 Å². The van der Waals surface area contributed by atoms with E-state index in [1.165, 1.54) is 43.5 Å². The Morgan fingerprint density at radius 2 is 2.00 bits per heavy atom. The molecular weight excluding hydrogens is 298 g/mol. The largest absolute Gasteiger partial charge is 0.508 e. The lowest BCUT2D eigenvalue weighted by atomic mass is 9.58. The third-order valence-electron chi connectivity index (χ3n) is 8.15. The van der Waals surface area contributed by atoms with Crippen LogP contribution in [-0.2, 0) is 11.8 Å². The van der Waals surface area contributed by atoms with Crippen molar-refractivity contribution in [3.8, 4) is 5.75 Å². The van der Waals surface area contributed by atoms with Gasteiger partial charge in [-0.15, -0.1) is 0 Å². The monoisotopic (exact) mass is 325 g/mol. The Labute approximate surface area is 143 Å². The van der Waals surface area contributed by atoms with Crippen molar-refractivity contribution in [2.24, 2.45) is 11.3 Å². The molecule has 0 radical (unpaired) electrons. The lowest BCUT2D eigenvalue weighted by Crippen LogP contribution is -2.70. The highest BCUT2D eigenvalue weighted by molar-refractivity contribution is 5.51. The lowest BCUT2D eigenvalue weighted by molar-refractivity contribution is -0.156. The number of phenolic OH excluding ortho intramolecular Hbond substituents is 1. The van der Waals surface area contributed by atoms with E-state index >= 15 is 0 Å². The van der Waals surface area contributed by atoms with Crippen LogP contribution in [0.4, 0.5) is 0 Å². The van der Waals surface area contributed by atoms with E-state index in [1.54, 1.807) is 0 Å². The molecule has 1 aromatic carbocycles. The van der Waals surface area contributed by atoms with Crippen LogP contribution in [-0.4, -0.2) is 39.8 Å². The Kier molecular flexibility index (Phi) is 2.47. The first-order valence-corrected chi connectivity index (χ1v) is 9.85. The van der Waals surface area contributed by atoms with Gasteiger partial charge in [-0.2, -0.15) is 0 Å². The van der Waals surface area contributed by atoms with E-state index in [0.29, 0.717) is 11.8 Å². The van der Waals surface area contributed by atoms with Crippen LogP contribution < -0.4 is 0 Å². The van der Waals surface area contributed by atoms with Gasteiger partial charge >= 0.3 is 0 Å². The minimum Gasteiger partial charge on any atom is -0.508 e. The first-order valence-electron chi connectivity index (χ1n) is 9.85. The highest BCUT2D eigenvalue weighted by Crippen LogP contribution is 2.71. The van der Waals surface area contributed by atoms with Crippen LogP contribution in [0.15, 0.2) is 18.2 Å². The molecule has 0 amide bonds. The Hall–Kier alpha value is -1.06. The highest BCUT2D eigenvalue weighted by atomic mass is 16.3. The van der Waals surface area contributed by atoms with E-state index in [0.717, 1.165) is 38.0 Å². The summed E-state index contributed by atoms with van der Waals surface area (Å²) < 4.78 is 0.